The fraction of sp³-hybridized carbons (Fsp3) is 0.588. The summed E-state index contributed by atoms with van der Waals surface area (Å²) in [5, 5.41) is 0. The van der Waals surface area contributed by atoms with Gasteiger partial charge in [-0.2, -0.15) is 0 Å². The average molecular weight is 272 g/mol. The standard InChI is InChI=1S/C17H24N2O/c20-17(14-18-10-5-1-2-6-11-18)19-12-9-15-7-3-4-8-16(15)13-19/h3-4,7-8H,1-2,5-6,9-14H2. The number of hydrogen-bond acceptors (Lipinski definition) is 2. The van der Waals surface area contributed by atoms with Crippen molar-refractivity contribution in [3.63, 3.8) is 0 Å². The van der Waals surface area contributed by atoms with Crippen LogP contribution in [0.5, 0.6) is 0 Å². The van der Waals surface area contributed by atoms with Crippen LogP contribution in [0.1, 0.15) is 36.8 Å². The first-order chi connectivity index (χ1) is 9.83. The molecule has 108 valence electrons. The topological polar surface area (TPSA) is 23.6 Å². The monoisotopic (exact) mass is 272 g/mol. The molecule has 2 aliphatic rings. The van der Waals surface area contributed by atoms with Crippen LogP contribution in [0, 0.1) is 0 Å². The maximum atomic E-state index is 12.5. The molecule has 1 fully saturated rings. The zero-order valence-electron chi connectivity index (χ0n) is 12.2. The van der Waals surface area contributed by atoms with Crippen molar-refractivity contribution in [1.82, 2.24) is 9.80 Å². The molecule has 20 heavy (non-hydrogen) atoms. The highest BCUT2D eigenvalue weighted by Gasteiger charge is 2.22. The number of hydrogen-bond donors (Lipinski definition) is 0. The first-order valence-electron chi connectivity index (χ1n) is 7.90. The van der Waals surface area contributed by atoms with Gasteiger partial charge in [0.05, 0.1) is 6.54 Å². The minimum atomic E-state index is 0.307. The quantitative estimate of drug-likeness (QED) is 0.825. The van der Waals surface area contributed by atoms with Gasteiger partial charge in [0.1, 0.15) is 0 Å². The summed E-state index contributed by atoms with van der Waals surface area (Å²) in [4.78, 5) is 16.9. The Morgan fingerprint density at radius 3 is 2.40 bits per heavy atom. The second-order valence-electron chi connectivity index (χ2n) is 6.02. The first kappa shape index (κ1) is 13.6. The van der Waals surface area contributed by atoms with E-state index in [0.29, 0.717) is 12.5 Å². The normalized spacial score (nSPS) is 20.3. The number of nitrogens with zero attached hydrogens (tertiary/aromatic N) is 2. The van der Waals surface area contributed by atoms with Gasteiger partial charge in [-0.15, -0.1) is 0 Å². The Hall–Kier alpha value is -1.35. The molecule has 0 saturated carbocycles. The van der Waals surface area contributed by atoms with Crippen LogP contribution in [-0.4, -0.2) is 41.9 Å². The van der Waals surface area contributed by atoms with E-state index in [-0.39, 0.29) is 0 Å². The lowest BCUT2D eigenvalue weighted by Gasteiger charge is -2.31. The number of amides is 1. The van der Waals surface area contributed by atoms with E-state index in [0.717, 1.165) is 32.6 Å². The molecule has 3 heteroatoms. The fourth-order valence-corrected chi connectivity index (χ4v) is 3.29. The average Bonchev–Trinajstić information content (AvgIpc) is 2.75. The summed E-state index contributed by atoms with van der Waals surface area (Å²) >= 11 is 0. The van der Waals surface area contributed by atoms with Gasteiger partial charge in [-0.3, -0.25) is 9.69 Å². The molecule has 3 rings (SSSR count). The molecule has 0 unspecified atom stereocenters. The predicted molar refractivity (Wildman–Crippen MR) is 80.5 cm³/mol. The lowest BCUT2D eigenvalue weighted by Crippen LogP contribution is -2.43. The number of rotatable bonds is 2. The Kier molecular flexibility index (Phi) is 4.36. The highest BCUT2D eigenvalue weighted by atomic mass is 16.2. The van der Waals surface area contributed by atoms with Crippen molar-refractivity contribution in [1.29, 1.82) is 0 Å². The molecule has 1 aromatic carbocycles. The smallest absolute Gasteiger partial charge is 0.237 e. The summed E-state index contributed by atoms with van der Waals surface area (Å²) < 4.78 is 0. The summed E-state index contributed by atoms with van der Waals surface area (Å²) in [7, 11) is 0. The summed E-state index contributed by atoms with van der Waals surface area (Å²) in [6.45, 7) is 4.47. The molecule has 0 bridgehead atoms. The number of fused-ring (bicyclic) bond motifs is 1. The largest absolute Gasteiger partial charge is 0.337 e. The van der Waals surface area contributed by atoms with Crippen molar-refractivity contribution in [2.24, 2.45) is 0 Å². The SMILES string of the molecule is O=C(CN1CCCCCC1)N1CCc2ccccc2C1. The van der Waals surface area contributed by atoms with Gasteiger partial charge in [0.15, 0.2) is 0 Å². The second-order valence-corrected chi connectivity index (χ2v) is 6.02. The lowest BCUT2D eigenvalue weighted by molar-refractivity contribution is -0.133. The van der Waals surface area contributed by atoms with E-state index in [2.05, 4.69) is 29.2 Å². The Balaban J connectivity index is 1.58. The third kappa shape index (κ3) is 3.21. The van der Waals surface area contributed by atoms with Crippen LogP contribution in [0.3, 0.4) is 0 Å². The van der Waals surface area contributed by atoms with Gasteiger partial charge in [0.25, 0.3) is 0 Å². The summed E-state index contributed by atoms with van der Waals surface area (Å²) in [6.07, 6.45) is 6.14. The maximum absolute atomic E-state index is 12.5. The van der Waals surface area contributed by atoms with Gasteiger partial charge in [0, 0.05) is 13.1 Å². The molecule has 3 nitrogen and oxygen atoms in total. The van der Waals surface area contributed by atoms with Gasteiger partial charge in [0.2, 0.25) is 5.91 Å². The van der Waals surface area contributed by atoms with E-state index in [9.17, 15) is 4.79 Å². The molecule has 1 aromatic rings. The molecule has 1 amide bonds. The highest BCUT2D eigenvalue weighted by molar-refractivity contribution is 5.78. The molecule has 0 N–H and O–H groups in total. The number of carbonyl (C=O) groups is 1. The van der Waals surface area contributed by atoms with Gasteiger partial charge >= 0.3 is 0 Å². The van der Waals surface area contributed by atoms with Crippen molar-refractivity contribution in [2.75, 3.05) is 26.2 Å². The molecular weight excluding hydrogens is 248 g/mol. The van der Waals surface area contributed by atoms with Crippen LogP contribution in [0.4, 0.5) is 0 Å². The Bertz CT molecular complexity index is 464. The number of benzene rings is 1. The molecular formula is C17H24N2O. The predicted octanol–water partition coefficient (Wildman–Crippen LogP) is 2.45. The van der Waals surface area contributed by atoms with Gasteiger partial charge in [-0.05, 0) is 43.5 Å². The van der Waals surface area contributed by atoms with Crippen LogP contribution < -0.4 is 0 Å². The molecule has 0 aliphatic carbocycles. The van der Waals surface area contributed by atoms with Gasteiger partial charge in [-0.1, -0.05) is 37.1 Å². The number of carbonyl (C=O) groups excluding carboxylic acids is 1. The Morgan fingerprint density at radius 1 is 0.950 bits per heavy atom. The third-order valence-corrected chi connectivity index (χ3v) is 4.54. The van der Waals surface area contributed by atoms with Crippen LogP contribution >= 0.6 is 0 Å². The molecule has 2 aliphatic heterocycles. The number of likely N-dealkylation sites (tertiary alicyclic amines) is 1. The molecule has 0 atom stereocenters. The summed E-state index contributed by atoms with van der Waals surface area (Å²) in [5.74, 6) is 0.307. The van der Waals surface area contributed by atoms with E-state index in [1.54, 1.807) is 0 Å². The van der Waals surface area contributed by atoms with Crippen molar-refractivity contribution in [2.45, 2.75) is 38.6 Å². The van der Waals surface area contributed by atoms with Crippen molar-refractivity contribution >= 4 is 5.91 Å². The van der Waals surface area contributed by atoms with Gasteiger partial charge < -0.3 is 4.90 Å². The zero-order valence-corrected chi connectivity index (χ0v) is 12.2. The van der Waals surface area contributed by atoms with Crippen LogP contribution in [-0.2, 0) is 17.8 Å². The van der Waals surface area contributed by atoms with Crippen molar-refractivity contribution in [3.8, 4) is 0 Å². The minimum absolute atomic E-state index is 0.307. The highest BCUT2D eigenvalue weighted by Crippen LogP contribution is 2.19. The van der Waals surface area contributed by atoms with E-state index in [1.807, 2.05) is 4.90 Å². The third-order valence-electron chi connectivity index (χ3n) is 4.54. The van der Waals surface area contributed by atoms with Crippen LogP contribution in [0.15, 0.2) is 24.3 Å². The minimum Gasteiger partial charge on any atom is -0.337 e. The van der Waals surface area contributed by atoms with E-state index in [1.165, 1.54) is 36.8 Å². The molecule has 1 saturated heterocycles. The van der Waals surface area contributed by atoms with Crippen LogP contribution in [0.25, 0.3) is 0 Å². The van der Waals surface area contributed by atoms with Crippen molar-refractivity contribution in [3.05, 3.63) is 35.4 Å². The lowest BCUT2D eigenvalue weighted by atomic mass is 10.00. The fourth-order valence-electron chi connectivity index (χ4n) is 3.29. The van der Waals surface area contributed by atoms with E-state index < -0.39 is 0 Å². The molecule has 2 heterocycles. The molecule has 0 spiro atoms. The van der Waals surface area contributed by atoms with Crippen LogP contribution in [0.2, 0.25) is 0 Å². The van der Waals surface area contributed by atoms with Crippen molar-refractivity contribution < 1.29 is 4.79 Å². The molecule has 0 radical (unpaired) electrons. The summed E-state index contributed by atoms with van der Waals surface area (Å²) in [5.41, 5.74) is 2.73. The maximum Gasteiger partial charge on any atom is 0.237 e. The zero-order chi connectivity index (χ0) is 13.8. The Morgan fingerprint density at radius 2 is 1.65 bits per heavy atom. The first-order valence-corrected chi connectivity index (χ1v) is 7.90. The second kappa shape index (κ2) is 6.40. The van der Waals surface area contributed by atoms with E-state index in [4.69, 9.17) is 0 Å². The summed E-state index contributed by atoms with van der Waals surface area (Å²) in [6, 6.07) is 8.50. The molecule has 0 aromatic heterocycles. The van der Waals surface area contributed by atoms with Gasteiger partial charge in [-0.25, -0.2) is 0 Å². The Labute approximate surface area is 121 Å². The van der Waals surface area contributed by atoms with E-state index >= 15 is 0 Å².